The second kappa shape index (κ2) is 6.06. The zero-order valence-corrected chi connectivity index (χ0v) is 14.1. The fourth-order valence-corrected chi connectivity index (χ4v) is 3.13. The van der Waals surface area contributed by atoms with Crippen molar-refractivity contribution in [2.24, 2.45) is 0 Å². The van der Waals surface area contributed by atoms with Gasteiger partial charge in [-0.15, -0.1) is 0 Å². The maximum absolute atomic E-state index is 12.7. The van der Waals surface area contributed by atoms with Gasteiger partial charge in [0.1, 0.15) is 5.58 Å². The van der Waals surface area contributed by atoms with Crippen molar-refractivity contribution in [3.05, 3.63) is 77.8 Å². The number of aryl methyl sites for hydroxylation is 1. The second-order valence-corrected chi connectivity index (χ2v) is 6.17. The molecule has 0 saturated heterocycles. The van der Waals surface area contributed by atoms with E-state index in [2.05, 4.69) is 16.4 Å². The number of pyridine rings is 1. The predicted octanol–water partition coefficient (Wildman–Crippen LogP) is 4.78. The van der Waals surface area contributed by atoms with Crippen LogP contribution in [0.15, 0.2) is 65.2 Å². The maximum Gasteiger partial charge on any atom is 0.287 e. The predicted molar refractivity (Wildman–Crippen MR) is 98.6 cm³/mol. The Bertz CT molecular complexity index is 1070. The lowest BCUT2D eigenvalue weighted by Crippen LogP contribution is -2.27. The van der Waals surface area contributed by atoms with Crippen molar-refractivity contribution >= 4 is 27.6 Å². The molecule has 4 rings (SSSR count). The summed E-state index contributed by atoms with van der Waals surface area (Å²) in [4.78, 5) is 17.0. The van der Waals surface area contributed by atoms with E-state index in [1.807, 2.05) is 62.4 Å². The van der Waals surface area contributed by atoms with Gasteiger partial charge in [-0.25, -0.2) is 0 Å². The summed E-state index contributed by atoms with van der Waals surface area (Å²) in [6, 6.07) is 17.5. The lowest BCUT2D eigenvalue weighted by Gasteiger charge is -2.12. The lowest BCUT2D eigenvalue weighted by molar-refractivity contribution is 0.0912. The summed E-state index contributed by atoms with van der Waals surface area (Å²) < 4.78 is 5.98. The Morgan fingerprint density at radius 2 is 1.84 bits per heavy atom. The van der Waals surface area contributed by atoms with Crippen LogP contribution in [0.1, 0.15) is 34.8 Å². The molecule has 2 heterocycles. The third-order valence-electron chi connectivity index (χ3n) is 4.51. The van der Waals surface area contributed by atoms with E-state index in [-0.39, 0.29) is 11.9 Å². The van der Waals surface area contributed by atoms with Gasteiger partial charge in [0.2, 0.25) is 0 Å². The molecule has 1 N–H and O–H groups in total. The summed E-state index contributed by atoms with van der Waals surface area (Å²) in [5.41, 5.74) is 2.42. The van der Waals surface area contributed by atoms with Crippen LogP contribution >= 0.6 is 0 Å². The van der Waals surface area contributed by atoms with Crippen LogP contribution in [0, 0.1) is 6.92 Å². The van der Waals surface area contributed by atoms with Gasteiger partial charge in [0, 0.05) is 22.5 Å². The minimum Gasteiger partial charge on any atom is -0.450 e. The van der Waals surface area contributed by atoms with Gasteiger partial charge in [-0.3, -0.25) is 9.78 Å². The van der Waals surface area contributed by atoms with Gasteiger partial charge in [-0.05, 0) is 31.4 Å². The van der Waals surface area contributed by atoms with Crippen molar-refractivity contribution in [3.63, 3.8) is 0 Å². The second-order valence-electron chi connectivity index (χ2n) is 6.17. The standard InChI is InChI=1S/C21H18N2O2/c1-13-16-11-10-15-7-3-4-8-17(15)20(16)25-19(13)21(24)23-14(2)18-9-5-6-12-22-18/h3-12,14H,1-2H3,(H,23,24). The third kappa shape index (κ3) is 2.66. The maximum atomic E-state index is 12.7. The number of benzene rings is 2. The first-order valence-electron chi connectivity index (χ1n) is 8.28. The Morgan fingerprint density at radius 1 is 1.04 bits per heavy atom. The summed E-state index contributed by atoms with van der Waals surface area (Å²) in [6.07, 6.45) is 1.72. The molecular weight excluding hydrogens is 312 g/mol. The molecule has 0 saturated carbocycles. The monoisotopic (exact) mass is 330 g/mol. The molecule has 0 aliphatic carbocycles. The molecular formula is C21H18N2O2. The molecule has 0 radical (unpaired) electrons. The normalized spacial score (nSPS) is 12.4. The van der Waals surface area contributed by atoms with Crippen LogP contribution < -0.4 is 5.32 Å². The van der Waals surface area contributed by atoms with Crippen molar-refractivity contribution < 1.29 is 9.21 Å². The van der Waals surface area contributed by atoms with Gasteiger partial charge in [0.05, 0.1) is 11.7 Å². The van der Waals surface area contributed by atoms with E-state index in [0.717, 1.165) is 33.0 Å². The van der Waals surface area contributed by atoms with Crippen molar-refractivity contribution in [3.8, 4) is 0 Å². The Balaban J connectivity index is 1.72. The smallest absolute Gasteiger partial charge is 0.287 e. The average Bonchev–Trinajstić information content (AvgIpc) is 3.00. The van der Waals surface area contributed by atoms with E-state index in [1.165, 1.54) is 0 Å². The van der Waals surface area contributed by atoms with Crippen LogP contribution in [-0.4, -0.2) is 10.9 Å². The van der Waals surface area contributed by atoms with Gasteiger partial charge in [-0.2, -0.15) is 0 Å². The number of furan rings is 1. The molecule has 4 aromatic rings. The van der Waals surface area contributed by atoms with Crippen molar-refractivity contribution in [2.45, 2.75) is 19.9 Å². The summed E-state index contributed by atoms with van der Waals surface area (Å²) in [5.74, 6) is 0.130. The van der Waals surface area contributed by atoms with Crippen LogP contribution in [0.3, 0.4) is 0 Å². The summed E-state index contributed by atoms with van der Waals surface area (Å²) in [5, 5.41) is 6.04. The van der Waals surface area contributed by atoms with E-state index < -0.39 is 0 Å². The van der Waals surface area contributed by atoms with Gasteiger partial charge < -0.3 is 9.73 Å². The molecule has 0 aliphatic heterocycles. The van der Waals surface area contributed by atoms with Crippen molar-refractivity contribution in [2.75, 3.05) is 0 Å². The molecule has 2 aromatic heterocycles. The highest BCUT2D eigenvalue weighted by Gasteiger charge is 2.21. The number of fused-ring (bicyclic) bond motifs is 3. The SMILES string of the molecule is Cc1c(C(=O)NC(C)c2ccccn2)oc2c1ccc1ccccc12. The van der Waals surface area contributed by atoms with Crippen LogP contribution in [0.25, 0.3) is 21.7 Å². The molecule has 124 valence electrons. The molecule has 0 fully saturated rings. The molecule has 1 atom stereocenters. The minimum absolute atomic E-state index is 0.196. The molecule has 0 spiro atoms. The molecule has 1 amide bonds. The van der Waals surface area contributed by atoms with Gasteiger partial charge >= 0.3 is 0 Å². The number of hydrogen-bond acceptors (Lipinski definition) is 3. The topological polar surface area (TPSA) is 55.1 Å². The molecule has 2 aromatic carbocycles. The minimum atomic E-state index is -0.226. The highest BCUT2D eigenvalue weighted by atomic mass is 16.3. The molecule has 0 bridgehead atoms. The van der Waals surface area contributed by atoms with E-state index in [9.17, 15) is 4.79 Å². The highest BCUT2D eigenvalue weighted by Crippen LogP contribution is 2.31. The number of rotatable bonds is 3. The number of hydrogen-bond donors (Lipinski definition) is 1. The molecule has 1 unspecified atom stereocenters. The quantitative estimate of drug-likeness (QED) is 0.588. The van der Waals surface area contributed by atoms with Crippen molar-refractivity contribution in [1.82, 2.24) is 10.3 Å². The van der Waals surface area contributed by atoms with Gasteiger partial charge in [0.25, 0.3) is 5.91 Å². The van der Waals surface area contributed by atoms with E-state index in [0.29, 0.717) is 5.76 Å². The summed E-state index contributed by atoms with van der Waals surface area (Å²) >= 11 is 0. The van der Waals surface area contributed by atoms with Crippen LogP contribution in [0.4, 0.5) is 0 Å². The number of nitrogens with one attached hydrogen (secondary N) is 1. The number of aromatic nitrogens is 1. The summed E-state index contributed by atoms with van der Waals surface area (Å²) in [6.45, 7) is 3.83. The molecule has 4 nitrogen and oxygen atoms in total. The van der Waals surface area contributed by atoms with Crippen LogP contribution in [0.5, 0.6) is 0 Å². The number of carbonyl (C=O) groups is 1. The summed E-state index contributed by atoms with van der Waals surface area (Å²) in [7, 11) is 0. The highest BCUT2D eigenvalue weighted by molar-refractivity contribution is 6.08. The lowest BCUT2D eigenvalue weighted by atomic mass is 10.1. The van der Waals surface area contributed by atoms with E-state index >= 15 is 0 Å². The molecule has 4 heteroatoms. The fraction of sp³-hybridized carbons (Fsp3) is 0.143. The Hall–Kier alpha value is -3.14. The van der Waals surface area contributed by atoms with E-state index in [1.54, 1.807) is 6.20 Å². The first-order valence-corrected chi connectivity index (χ1v) is 8.28. The fourth-order valence-electron chi connectivity index (χ4n) is 3.13. The Kier molecular flexibility index (Phi) is 3.73. The largest absolute Gasteiger partial charge is 0.450 e. The number of amides is 1. The van der Waals surface area contributed by atoms with E-state index in [4.69, 9.17) is 4.42 Å². The Morgan fingerprint density at radius 3 is 2.64 bits per heavy atom. The van der Waals surface area contributed by atoms with Crippen molar-refractivity contribution in [1.29, 1.82) is 0 Å². The molecule has 0 aliphatic rings. The average molecular weight is 330 g/mol. The Labute approximate surface area is 145 Å². The molecule has 25 heavy (non-hydrogen) atoms. The zero-order valence-electron chi connectivity index (χ0n) is 14.1. The first kappa shape index (κ1) is 15.4. The van der Waals surface area contributed by atoms with Gasteiger partial charge in [-0.1, -0.05) is 42.5 Å². The number of nitrogens with zero attached hydrogens (tertiary/aromatic N) is 1. The van der Waals surface area contributed by atoms with Gasteiger partial charge in [0.15, 0.2) is 5.76 Å². The third-order valence-corrected chi connectivity index (χ3v) is 4.51. The first-order chi connectivity index (χ1) is 12.1. The zero-order chi connectivity index (χ0) is 17.4. The van der Waals surface area contributed by atoms with Crippen LogP contribution in [-0.2, 0) is 0 Å². The van der Waals surface area contributed by atoms with Crippen LogP contribution in [0.2, 0.25) is 0 Å². The number of carbonyl (C=O) groups excluding carboxylic acids is 1.